The fourth-order valence-electron chi connectivity index (χ4n) is 4.20. The van der Waals surface area contributed by atoms with E-state index in [9.17, 15) is 0 Å². The Bertz CT molecular complexity index is 481. The summed E-state index contributed by atoms with van der Waals surface area (Å²) >= 11 is 0. The molecule has 20 heavy (non-hydrogen) atoms. The van der Waals surface area contributed by atoms with Crippen molar-refractivity contribution in [2.45, 2.75) is 72.3 Å². The van der Waals surface area contributed by atoms with Crippen LogP contribution in [0.5, 0.6) is 0 Å². The summed E-state index contributed by atoms with van der Waals surface area (Å²) in [5.41, 5.74) is 2.74. The standard InChI is InChI=1S/C17H29N3/c1-11(2)10-14-12-6-8-15-16(9-7-13(12)14)20(19-18-15)17(3,4)5/h11-14H,6-10H2,1-5H3/t12-,13+,14?/m1/s1. The smallest absolute Gasteiger partial charge is 0.0859 e. The van der Waals surface area contributed by atoms with Crippen LogP contribution in [0.25, 0.3) is 0 Å². The summed E-state index contributed by atoms with van der Waals surface area (Å²) in [6.07, 6.45) is 6.41. The molecule has 0 radical (unpaired) electrons. The van der Waals surface area contributed by atoms with Gasteiger partial charge in [0.25, 0.3) is 0 Å². The molecule has 0 saturated heterocycles. The van der Waals surface area contributed by atoms with E-state index >= 15 is 0 Å². The quantitative estimate of drug-likeness (QED) is 0.821. The lowest BCUT2D eigenvalue weighted by Crippen LogP contribution is -2.26. The highest BCUT2D eigenvalue weighted by Gasteiger charge is 2.49. The molecule has 3 heteroatoms. The molecule has 2 aliphatic carbocycles. The first kappa shape index (κ1) is 14.1. The van der Waals surface area contributed by atoms with Crippen LogP contribution in [-0.2, 0) is 18.4 Å². The Morgan fingerprint density at radius 3 is 2.40 bits per heavy atom. The summed E-state index contributed by atoms with van der Waals surface area (Å²) in [7, 11) is 0. The number of aromatic nitrogens is 3. The SMILES string of the molecule is CC(C)CC1[C@H]2CCc3c(nnn3C(C)(C)C)CC[C@@H]12. The van der Waals surface area contributed by atoms with E-state index < -0.39 is 0 Å². The molecule has 1 saturated carbocycles. The predicted octanol–water partition coefficient (Wildman–Crippen LogP) is 3.82. The van der Waals surface area contributed by atoms with Crippen molar-refractivity contribution in [3.63, 3.8) is 0 Å². The van der Waals surface area contributed by atoms with Crippen LogP contribution in [0.3, 0.4) is 0 Å². The topological polar surface area (TPSA) is 30.7 Å². The van der Waals surface area contributed by atoms with Gasteiger partial charge in [0.15, 0.2) is 0 Å². The minimum absolute atomic E-state index is 0.0556. The molecular formula is C17H29N3. The maximum atomic E-state index is 4.48. The van der Waals surface area contributed by atoms with E-state index in [1.54, 1.807) is 0 Å². The van der Waals surface area contributed by atoms with Crippen molar-refractivity contribution >= 4 is 0 Å². The van der Waals surface area contributed by atoms with Gasteiger partial charge in [-0.1, -0.05) is 19.1 Å². The molecule has 1 heterocycles. The molecule has 0 bridgehead atoms. The molecule has 0 amide bonds. The van der Waals surface area contributed by atoms with Crippen molar-refractivity contribution in [2.24, 2.45) is 23.7 Å². The molecule has 3 rings (SSSR count). The average molecular weight is 275 g/mol. The van der Waals surface area contributed by atoms with Gasteiger partial charge in [0.1, 0.15) is 0 Å². The van der Waals surface area contributed by atoms with Crippen LogP contribution in [0.15, 0.2) is 0 Å². The zero-order chi connectivity index (χ0) is 14.5. The van der Waals surface area contributed by atoms with E-state index in [1.165, 1.54) is 37.1 Å². The van der Waals surface area contributed by atoms with E-state index in [-0.39, 0.29) is 5.54 Å². The zero-order valence-electron chi connectivity index (χ0n) is 13.7. The summed E-state index contributed by atoms with van der Waals surface area (Å²) in [4.78, 5) is 0. The van der Waals surface area contributed by atoms with Gasteiger partial charge in [-0.05, 0) is 76.5 Å². The average Bonchev–Trinajstić information content (AvgIpc) is 2.76. The van der Waals surface area contributed by atoms with Crippen molar-refractivity contribution in [2.75, 3.05) is 0 Å². The largest absolute Gasteiger partial charge is 0.244 e. The van der Waals surface area contributed by atoms with Gasteiger partial charge in [-0.2, -0.15) is 0 Å². The molecule has 2 aliphatic rings. The van der Waals surface area contributed by atoms with Gasteiger partial charge in [0, 0.05) is 0 Å². The summed E-state index contributed by atoms with van der Waals surface area (Å²) in [5.74, 6) is 3.80. The van der Waals surface area contributed by atoms with E-state index in [0.717, 1.165) is 30.1 Å². The summed E-state index contributed by atoms with van der Waals surface area (Å²) < 4.78 is 2.17. The molecule has 1 aromatic heterocycles. The summed E-state index contributed by atoms with van der Waals surface area (Å²) in [6.45, 7) is 11.4. The molecular weight excluding hydrogens is 246 g/mol. The third-order valence-corrected chi connectivity index (χ3v) is 5.16. The first-order valence-corrected chi connectivity index (χ1v) is 8.32. The third kappa shape index (κ3) is 2.51. The second-order valence-corrected chi connectivity index (χ2v) is 8.26. The summed E-state index contributed by atoms with van der Waals surface area (Å²) in [5, 5.41) is 8.90. The first-order valence-electron chi connectivity index (χ1n) is 8.32. The number of rotatable bonds is 2. The highest BCUT2D eigenvalue weighted by atomic mass is 15.5. The molecule has 0 N–H and O–H groups in total. The van der Waals surface area contributed by atoms with Gasteiger partial charge in [-0.15, -0.1) is 5.10 Å². The van der Waals surface area contributed by atoms with Crippen molar-refractivity contribution in [3.8, 4) is 0 Å². The fraction of sp³-hybridized carbons (Fsp3) is 0.882. The molecule has 1 unspecified atom stereocenters. The molecule has 1 aromatic rings. The van der Waals surface area contributed by atoms with Crippen LogP contribution >= 0.6 is 0 Å². The highest BCUT2D eigenvalue weighted by molar-refractivity contribution is 5.16. The van der Waals surface area contributed by atoms with Crippen LogP contribution in [-0.4, -0.2) is 15.0 Å². The Hall–Kier alpha value is -0.860. The minimum Gasteiger partial charge on any atom is -0.244 e. The van der Waals surface area contributed by atoms with E-state index in [2.05, 4.69) is 49.6 Å². The molecule has 0 aliphatic heterocycles. The lowest BCUT2D eigenvalue weighted by Gasteiger charge is -2.22. The molecule has 1 fully saturated rings. The number of aryl methyl sites for hydroxylation is 1. The van der Waals surface area contributed by atoms with Gasteiger partial charge < -0.3 is 0 Å². The normalized spacial score (nSPS) is 29.6. The summed E-state index contributed by atoms with van der Waals surface area (Å²) in [6, 6.07) is 0. The Morgan fingerprint density at radius 1 is 1.15 bits per heavy atom. The van der Waals surface area contributed by atoms with Gasteiger partial charge in [0.2, 0.25) is 0 Å². The zero-order valence-corrected chi connectivity index (χ0v) is 13.7. The molecule has 0 aromatic carbocycles. The Kier molecular flexibility index (Phi) is 3.42. The number of nitrogens with zero attached hydrogens (tertiary/aromatic N) is 3. The number of fused-ring (bicyclic) bond motifs is 2. The van der Waals surface area contributed by atoms with Gasteiger partial charge in [0.05, 0.1) is 16.9 Å². The van der Waals surface area contributed by atoms with E-state index in [0.29, 0.717) is 0 Å². The first-order chi connectivity index (χ1) is 9.38. The molecule has 112 valence electrons. The van der Waals surface area contributed by atoms with Crippen LogP contribution in [0, 0.1) is 23.7 Å². The van der Waals surface area contributed by atoms with Crippen molar-refractivity contribution < 1.29 is 0 Å². The van der Waals surface area contributed by atoms with Crippen LogP contribution < -0.4 is 0 Å². The maximum Gasteiger partial charge on any atom is 0.0859 e. The van der Waals surface area contributed by atoms with Crippen molar-refractivity contribution in [1.29, 1.82) is 0 Å². The van der Waals surface area contributed by atoms with Crippen LogP contribution in [0.1, 0.15) is 65.3 Å². The Morgan fingerprint density at radius 2 is 1.80 bits per heavy atom. The fourth-order valence-corrected chi connectivity index (χ4v) is 4.20. The second-order valence-electron chi connectivity index (χ2n) is 8.26. The van der Waals surface area contributed by atoms with Gasteiger partial charge in [-0.25, -0.2) is 4.68 Å². The lowest BCUT2D eigenvalue weighted by atomic mass is 10.00. The molecule has 0 spiro atoms. The second kappa shape index (κ2) is 4.85. The minimum atomic E-state index is 0.0556. The molecule has 3 nitrogen and oxygen atoms in total. The highest BCUT2D eigenvalue weighted by Crippen LogP contribution is 2.55. The number of hydrogen-bond donors (Lipinski definition) is 0. The lowest BCUT2D eigenvalue weighted by molar-refractivity contribution is 0.332. The third-order valence-electron chi connectivity index (χ3n) is 5.16. The number of hydrogen-bond acceptors (Lipinski definition) is 2. The van der Waals surface area contributed by atoms with Crippen molar-refractivity contribution in [1.82, 2.24) is 15.0 Å². The monoisotopic (exact) mass is 275 g/mol. The van der Waals surface area contributed by atoms with Crippen molar-refractivity contribution in [3.05, 3.63) is 11.4 Å². The van der Waals surface area contributed by atoms with E-state index in [4.69, 9.17) is 0 Å². The Balaban J connectivity index is 1.75. The van der Waals surface area contributed by atoms with Gasteiger partial charge in [-0.3, -0.25) is 0 Å². The predicted molar refractivity (Wildman–Crippen MR) is 81.6 cm³/mol. The van der Waals surface area contributed by atoms with E-state index in [1.807, 2.05) is 0 Å². The Labute approximate surface area is 123 Å². The maximum absolute atomic E-state index is 4.48. The van der Waals surface area contributed by atoms with Crippen LogP contribution in [0.4, 0.5) is 0 Å². The van der Waals surface area contributed by atoms with Gasteiger partial charge >= 0.3 is 0 Å². The molecule has 3 atom stereocenters. The van der Waals surface area contributed by atoms with Crippen LogP contribution in [0.2, 0.25) is 0 Å².